The highest BCUT2D eigenvalue weighted by atomic mass is 16.5. The third-order valence-corrected chi connectivity index (χ3v) is 5.76. The average molecular weight is 434 g/mol. The average Bonchev–Trinajstić information content (AvgIpc) is 2.77. The molecule has 0 spiro atoms. The van der Waals surface area contributed by atoms with Gasteiger partial charge in [0.1, 0.15) is 0 Å². The standard InChI is InChI=1S/C24H18O8/c1-9-15(21(29)17-11(19(9)27)5-7-13(25)23(17)31-3)16-10(2)20(28)12-6-8-14(26)24(32-4)18(12)22(16)30/h5-8,25-26H,1-4H3. The summed E-state index contributed by atoms with van der Waals surface area (Å²) in [5.74, 6) is -3.64. The third kappa shape index (κ3) is 2.62. The molecule has 0 atom stereocenters. The molecule has 32 heavy (non-hydrogen) atoms. The molecule has 0 fully saturated rings. The summed E-state index contributed by atoms with van der Waals surface area (Å²) >= 11 is 0. The first-order valence-electron chi connectivity index (χ1n) is 9.56. The van der Waals surface area contributed by atoms with E-state index in [1.807, 2.05) is 0 Å². The summed E-state index contributed by atoms with van der Waals surface area (Å²) < 4.78 is 10.3. The van der Waals surface area contributed by atoms with Crippen LogP contribution < -0.4 is 9.47 Å². The first kappa shape index (κ1) is 21.0. The number of hydrogen-bond donors (Lipinski definition) is 2. The van der Waals surface area contributed by atoms with E-state index >= 15 is 0 Å². The van der Waals surface area contributed by atoms with Gasteiger partial charge in [-0.05, 0) is 38.1 Å². The van der Waals surface area contributed by atoms with E-state index in [9.17, 15) is 29.4 Å². The minimum Gasteiger partial charge on any atom is -0.504 e. The second-order valence-electron chi connectivity index (χ2n) is 7.40. The number of carbonyl (C=O) groups is 4. The fourth-order valence-corrected chi connectivity index (χ4v) is 4.21. The lowest BCUT2D eigenvalue weighted by Gasteiger charge is -2.26. The molecule has 0 bridgehead atoms. The normalized spacial score (nSPS) is 15.8. The molecular weight excluding hydrogens is 416 g/mol. The highest BCUT2D eigenvalue weighted by Gasteiger charge is 2.42. The van der Waals surface area contributed by atoms with Crippen molar-refractivity contribution in [2.75, 3.05) is 14.2 Å². The molecule has 4 rings (SSSR count). The highest BCUT2D eigenvalue weighted by molar-refractivity contribution is 6.37. The maximum absolute atomic E-state index is 13.6. The summed E-state index contributed by atoms with van der Waals surface area (Å²) in [6.45, 7) is 2.79. The summed E-state index contributed by atoms with van der Waals surface area (Å²) in [5.41, 5.74) is -0.874. The Hall–Kier alpha value is -4.20. The largest absolute Gasteiger partial charge is 0.504 e. The van der Waals surface area contributed by atoms with Gasteiger partial charge in [0.05, 0.1) is 25.3 Å². The predicted molar refractivity (Wildman–Crippen MR) is 112 cm³/mol. The quantitative estimate of drug-likeness (QED) is 0.754. The Bertz CT molecular complexity index is 1240. The molecule has 2 aromatic rings. The molecule has 8 heteroatoms. The topological polar surface area (TPSA) is 127 Å². The van der Waals surface area contributed by atoms with E-state index in [4.69, 9.17) is 9.47 Å². The maximum Gasteiger partial charge on any atom is 0.198 e. The molecule has 0 saturated carbocycles. The number of phenols is 2. The monoisotopic (exact) mass is 434 g/mol. The first-order chi connectivity index (χ1) is 15.1. The number of aromatic hydroxyl groups is 2. The van der Waals surface area contributed by atoms with Gasteiger partial charge in [-0.15, -0.1) is 0 Å². The Morgan fingerprint density at radius 2 is 0.938 bits per heavy atom. The fraction of sp³-hybridized carbons (Fsp3) is 0.167. The molecule has 2 aromatic carbocycles. The van der Waals surface area contributed by atoms with Crippen LogP contribution in [-0.2, 0) is 0 Å². The van der Waals surface area contributed by atoms with Gasteiger partial charge < -0.3 is 19.7 Å². The smallest absolute Gasteiger partial charge is 0.198 e. The molecule has 2 aliphatic carbocycles. The molecule has 0 amide bonds. The Morgan fingerprint density at radius 1 is 0.594 bits per heavy atom. The SMILES string of the molecule is COc1c(O)ccc2c1C(=O)C(C1=C(C)C(=O)c3ccc(O)c(OC)c3C1=O)=C(C)C2=O. The van der Waals surface area contributed by atoms with Crippen molar-refractivity contribution in [1.29, 1.82) is 0 Å². The van der Waals surface area contributed by atoms with Gasteiger partial charge in [-0.2, -0.15) is 0 Å². The number of rotatable bonds is 3. The van der Waals surface area contributed by atoms with Gasteiger partial charge in [0.25, 0.3) is 0 Å². The summed E-state index contributed by atoms with van der Waals surface area (Å²) in [5, 5.41) is 20.3. The van der Waals surface area contributed by atoms with Crippen LogP contribution in [0.4, 0.5) is 0 Å². The molecule has 0 radical (unpaired) electrons. The number of Topliss-reactive ketones (excluding diaryl/α,β-unsaturated/α-hetero) is 4. The lowest BCUT2D eigenvalue weighted by Crippen LogP contribution is -2.29. The number of ether oxygens (including phenoxy) is 2. The molecule has 0 saturated heterocycles. The molecule has 0 aromatic heterocycles. The predicted octanol–water partition coefficient (Wildman–Crippen LogP) is 3.21. The highest BCUT2D eigenvalue weighted by Crippen LogP contribution is 2.44. The first-order valence-corrected chi connectivity index (χ1v) is 9.56. The van der Waals surface area contributed by atoms with Gasteiger partial charge in [-0.25, -0.2) is 0 Å². The van der Waals surface area contributed by atoms with Crippen molar-refractivity contribution in [3.05, 3.63) is 68.8 Å². The van der Waals surface area contributed by atoms with Crippen molar-refractivity contribution >= 4 is 23.1 Å². The second-order valence-corrected chi connectivity index (χ2v) is 7.40. The maximum atomic E-state index is 13.6. The van der Waals surface area contributed by atoms with E-state index in [0.717, 1.165) is 0 Å². The van der Waals surface area contributed by atoms with Crippen molar-refractivity contribution in [2.24, 2.45) is 0 Å². The molecule has 0 unspecified atom stereocenters. The molecular formula is C24H18O8. The summed E-state index contributed by atoms with van der Waals surface area (Å²) in [6, 6.07) is 5.09. The van der Waals surface area contributed by atoms with E-state index in [2.05, 4.69) is 0 Å². The van der Waals surface area contributed by atoms with Crippen LogP contribution in [0.3, 0.4) is 0 Å². The van der Waals surface area contributed by atoms with Crippen LogP contribution in [0.15, 0.2) is 46.6 Å². The Labute approximate surface area is 182 Å². The van der Waals surface area contributed by atoms with Crippen molar-refractivity contribution in [3.63, 3.8) is 0 Å². The van der Waals surface area contributed by atoms with Crippen molar-refractivity contribution in [3.8, 4) is 23.0 Å². The van der Waals surface area contributed by atoms with Gasteiger partial charge in [0, 0.05) is 33.4 Å². The van der Waals surface area contributed by atoms with E-state index in [1.165, 1.54) is 52.3 Å². The van der Waals surface area contributed by atoms with Crippen LogP contribution in [0.5, 0.6) is 23.0 Å². The van der Waals surface area contributed by atoms with E-state index < -0.39 is 23.1 Å². The van der Waals surface area contributed by atoms with Crippen LogP contribution >= 0.6 is 0 Å². The molecule has 2 aliphatic rings. The minimum absolute atomic E-state index is 0.0201. The Kier molecular flexibility index (Phi) is 4.73. The van der Waals surface area contributed by atoms with Crippen molar-refractivity contribution < 1.29 is 38.9 Å². The minimum atomic E-state index is -0.733. The van der Waals surface area contributed by atoms with Crippen LogP contribution in [-0.4, -0.2) is 47.6 Å². The number of benzene rings is 2. The van der Waals surface area contributed by atoms with Crippen LogP contribution in [0.1, 0.15) is 55.3 Å². The van der Waals surface area contributed by atoms with E-state index in [-0.39, 0.29) is 67.5 Å². The van der Waals surface area contributed by atoms with Gasteiger partial charge in [0.2, 0.25) is 0 Å². The number of methoxy groups -OCH3 is 2. The lowest BCUT2D eigenvalue weighted by atomic mass is 9.74. The zero-order chi connectivity index (χ0) is 23.5. The summed E-state index contributed by atoms with van der Waals surface area (Å²) in [4.78, 5) is 53.3. The van der Waals surface area contributed by atoms with Crippen molar-refractivity contribution in [2.45, 2.75) is 13.8 Å². The van der Waals surface area contributed by atoms with Crippen LogP contribution in [0.25, 0.3) is 0 Å². The molecule has 8 nitrogen and oxygen atoms in total. The lowest BCUT2D eigenvalue weighted by molar-refractivity contribution is 0.0949. The molecule has 0 aliphatic heterocycles. The van der Waals surface area contributed by atoms with Crippen LogP contribution in [0, 0.1) is 0 Å². The van der Waals surface area contributed by atoms with Crippen LogP contribution in [0.2, 0.25) is 0 Å². The number of hydrogen-bond acceptors (Lipinski definition) is 8. The van der Waals surface area contributed by atoms with Gasteiger partial charge in [-0.3, -0.25) is 19.2 Å². The van der Waals surface area contributed by atoms with Gasteiger partial charge in [-0.1, -0.05) is 0 Å². The van der Waals surface area contributed by atoms with Gasteiger partial charge in [0.15, 0.2) is 46.1 Å². The zero-order valence-electron chi connectivity index (χ0n) is 17.7. The third-order valence-electron chi connectivity index (χ3n) is 5.76. The van der Waals surface area contributed by atoms with E-state index in [1.54, 1.807) is 0 Å². The number of ketones is 4. The number of allylic oxidation sites excluding steroid dienone is 4. The van der Waals surface area contributed by atoms with Gasteiger partial charge >= 0.3 is 0 Å². The number of carbonyl (C=O) groups excluding carboxylic acids is 4. The molecule has 0 heterocycles. The summed E-state index contributed by atoms with van der Waals surface area (Å²) in [7, 11) is 2.48. The van der Waals surface area contributed by atoms with E-state index in [0.29, 0.717) is 0 Å². The second kappa shape index (κ2) is 7.19. The number of fused-ring (bicyclic) bond motifs is 2. The Balaban J connectivity index is 2.02. The molecule has 2 N–H and O–H groups in total. The zero-order valence-corrected chi connectivity index (χ0v) is 17.7. The van der Waals surface area contributed by atoms with Crippen molar-refractivity contribution in [1.82, 2.24) is 0 Å². The Morgan fingerprint density at radius 3 is 1.25 bits per heavy atom. The number of phenolic OH excluding ortho intramolecular Hbond substituents is 2. The summed E-state index contributed by atoms with van der Waals surface area (Å²) in [6.07, 6.45) is 0. The molecule has 162 valence electrons. The fourth-order valence-electron chi connectivity index (χ4n) is 4.21.